The topological polar surface area (TPSA) is 88.5 Å². The Kier molecular flexibility index (Phi) is 5.26. The number of carbonyl (C=O) groups is 2. The van der Waals surface area contributed by atoms with E-state index in [9.17, 15) is 9.59 Å². The van der Waals surface area contributed by atoms with Gasteiger partial charge in [-0.3, -0.25) is 14.6 Å². The van der Waals surface area contributed by atoms with E-state index in [4.69, 9.17) is 9.84 Å². The van der Waals surface area contributed by atoms with E-state index in [1.807, 2.05) is 0 Å². The molecule has 0 aliphatic rings. The predicted octanol–water partition coefficient (Wildman–Crippen LogP) is 0.610. The number of rotatable bonds is 6. The maximum absolute atomic E-state index is 11.8. The molecule has 1 aromatic heterocycles. The summed E-state index contributed by atoms with van der Waals surface area (Å²) in [5.74, 6) is -1.23. The normalized spacial score (nSPS) is 11.9. The fourth-order valence-electron chi connectivity index (χ4n) is 1.43. The molecule has 18 heavy (non-hydrogen) atoms. The number of methoxy groups -OCH3 is 1. The van der Waals surface area contributed by atoms with Crippen molar-refractivity contribution in [3.63, 3.8) is 0 Å². The number of aromatic nitrogens is 1. The van der Waals surface area contributed by atoms with Crippen molar-refractivity contribution in [3.05, 3.63) is 29.6 Å². The second-order valence-corrected chi connectivity index (χ2v) is 3.85. The molecule has 1 amide bonds. The molecule has 0 saturated heterocycles. The summed E-state index contributed by atoms with van der Waals surface area (Å²) in [6.07, 6.45) is 0.871. The number of carbonyl (C=O) groups excluding carboxylic acids is 1. The molecule has 1 unspecified atom stereocenters. The minimum absolute atomic E-state index is 0.147. The average Bonchev–Trinajstić information content (AvgIpc) is 2.33. The lowest BCUT2D eigenvalue weighted by atomic mass is 10.2. The Morgan fingerprint density at radius 1 is 1.56 bits per heavy atom. The maximum Gasteiger partial charge on any atom is 0.306 e. The molecule has 1 heterocycles. The quantitative estimate of drug-likeness (QED) is 0.774. The van der Waals surface area contributed by atoms with Crippen molar-refractivity contribution in [2.45, 2.75) is 19.4 Å². The van der Waals surface area contributed by atoms with Crippen LogP contribution in [0.4, 0.5) is 0 Å². The van der Waals surface area contributed by atoms with Gasteiger partial charge in [-0.1, -0.05) is 0 Å². The molecule has 1 rings (SSSR count). The summed E-state index contributed by atoms with van der Waals surface area (Å²) < 4.78 is 4.96. The summed E-state index contributed by atoms with van der Waals surface area (Å²) in [5.41, 5.74) is 1.24. The van der Waals surface area contributed by atoms with E-state index in [-0.39, 0.29) is 18.9 Å². The summed E-state index contributed by atoms with van der Waals surface area (Å²) in [6.45, 7) is 1.95. The van der Waals surface area contributed by atoms with Crippen molar-refractivity contribution in [1.29, 1.82) is 0 Å². The van der Waals surface area contributed by atoms with E-state index in [1.165, 1.54) is 7.11 Å². The zero-order valence-electron chi connectivity index (χ0n) is 10.3. The van der Waals surface area contributed by atoms with Crippen LogP contribution in [-0.4, -0.2) is 41.7 Å². The van der Waals surface area contributed by atoms with Crippen molar-refractivity contribution < 1.29 is 19.4 Å². The molecule has 6 heteroatoms. The Bertz CT molecular complexity index is 434. The number of aryl methyl sites for hydroxylation is 1. The molecule has 0 aliphatic heterocycles. The van der Waals surface area contributed by atoms with Crippen molar-refractivity contribution in [1.82, 2.24) is 10.3 Å². The van der Waals surface area contributed by atoms with Gasteiger partial charge in [0.15, 0.2) is 0 Å². The van der Waals surface area contributed by atoms with Gasteiger partial charge in [0, 0.05) is 31.1 Å². The molecule has 1 aromatic rings. The Morgan fingerprint density at radius 3 is 2.83 bits per heavy atom. The van der Waals surface area contributed by atoms with Crippen molar-refractivity contribution >= 4 is 11.9 Å². The highest BCUT2D eigenvalue weighted by atomic mass is 16.5. The van der Waals surface area contributed by atoms with Crippen molar-refractivity contribution in [2.75, 3.05) is 13.7 Å². The number of carboxylic acid groups (broad SMARTS) is 1. The van der Waals surface area contributed by atoms with Gasteiger partial charge >= 0.3 is 5.97 Å². The third-order valence-corrected chi connectivity index (χ3v) is 2.38. The van der Waals surface area contributed by atoms with E-state index in [2.05, 4.69) is 10.3 Å². The van der Waals surface area contributed by atoms with Gasteiger partial charge in [-0.2, -0.15) is 0 Å². The molecular formula is C12H16N2O4. The first-order chi connectivity index (χ1) is 8.52. The van der Waals surface area contributed by atoms with E-state index in [1.54, 1.807) is 25.3 Å². The largest absolute Gasteiger partial charge is 0.481 e. The molecule has 6 nitrogen and oxygen atoms in total. The first-order valence-electron chi connectivity index (χ1n) is 5.48. The standard InChI is InChI=1S/C12H16N2O4/c1-8-5-9(3-4-13-8)12(17)14-7-10(18-2)6-11(15)16/h3-5,10H,6-7H2,1-2H3,(H,14,17)(H,15,16). The highest BCUT2D eigenvalue weighted by Crippen LogP contribution is 2.01. The van der Waals surface area contributed by atoms with Crippen molar-refractivity contribution in [2.24, 2.45) is 0 Å². The minimum Gasteiger partial charge on any atom is -0.481 e. The number of carboxylic acids is 1. The summed E-state index contributed by atoms with van der Waals surface area (Å²) in [5, 5.41) is 11.3. The highest BCUT2D eigenvalue weighted by Gasteiger charge is 2.14. The lowest BCUT2D eigenvalue weighted by Gasteiger charge is -2.13. The molecule has 0 aromatic carbocycles. The van der Waals surface area contributed by atoms with Gasteiger partial charge in [0.25, 0.3) is 5.91 Å². The van der Waals surface area contributed by atoms with Crippen LogP contribution in [0.2, 0.25) is 0 Å². The number of amides is 1. The monoisotopic (exact) mass is 252 g/mol. The van der Waals surface area contributed by atoms with Crippen LogP contribution in [0.1, 0.15) is 22.5 Å². The Balaban J connectivity index is 2.52. The zero-order chi connectivity index (χ0) is 13.5. The van der Waals surface area contributed by atoms with E-state index in [0.717, 1.165) is 5.69 Å². The van der Waals surface area contributed by atoms with Crippen LogP contribution in [0.3, 0.4) is 0 Å². The number of pyridine rings is 1. The maximum atomic E-state index is 11.8. The van der Waals surface area contributed by atoms with Gasteiger partial charge in [-0.15, -0.1) is 0 Å². The lowest BCUT2D eigenvalue weighted by molar-refractivity contribution is -0.139. The van der Waals surface area contributed by atoms with Gasteiger partial charge in [-0.25, -0.2) is 0 Å². The third-order valence-electron chi connectivity index (χ3n) is 2.38. The fourth-order valence-corrected chi connectivity index (χ4v) is 1.43. The Hall–Kier alpha value is -1.95. The first kappa shape index (κ1) is 14.1. The van der Waals surface area contributed by atoms with Gasteiger partial charge in [0.05, 0.1) is 12.5 Å². The van der Waals surface area contributed by atoms with Gasteiger partial charge in [0.2, 0.25) is 0 Å². The first-order valence-corrected chi connectivity index (χ1v) is 5.48. The Labute approximate surface area is 105 Å². The summed E-state index contributed by atoms with van der Waals surface area (Å²) in [7, 11) is 1.41. The average molecular weight is 252 g/mol. The van der Waals surface area contributed by atoms with Crippen LogP contribution in [0.5, 0.6) is 0 Å². The van der Waals surface area contributed by atoms with E-state index >= 15 is 0 Å². The van der Waals surface area contributed by atoms with E-state index in [0.29, 0.717) is 5.56 Å². The van der Waals surface area contributed by atoms with Crippen LogP contribution in [-0.2, 0) is 9.53 Å². The molecule has 0 aliphatic carbocycles. The van der Waals surface area contributed by atoms with Crippen molar-refractivity contribution in [3.8, 4) is 0 Å². The third kappa shape index (κ3) is 4.50. The molecule has 0 radical (unpaired) electrons. The second kappa shape index (κ2) is 6.70. The van der Waals surface area contributed by atoms with Crippen LogP contribution < -0.4 is 5.32 Å². The molecule has 0 spiro atoms. The molecule has 0 saturated carbocycles. The molecule has 2 N–H and O–H groups in total. The Morgan fingerprint density at radius 2 is 2.28 bits per heavy atom. The van der Waals surface area contributed by atoms with Crippen LogP contribution >= 0.6 is 0 Å². The number of hydrogen-bond acceptors (Lipinski definition) is 4. The lowest BCUT2D eigenvalue weighted by Crippen LogP contribution is -2.34. The summed E-state index contributed by atoms with van der Waals surface area (Å²) in [6, 6.07) is 3.26. The summed E-state index contributed by atoms with van der Waals surface area (Å²) >= 11 is 0. The molecule has 0 fully saturated rings. The smallest absolute Gasteiger partial charge is 0.306 e. The number of nitrogens with zero attached hydrogens (tertiary/aromatic N) is 1. The number of ether oxygens (including phenoxy) is 1. The fraction of sp³-hybridized carbons (Fsp3) is 0.417. The zero-order valence-corrected chi connectivity index (χ0v) is 10.3. The predicted molar refractivity (Wildman–Crippen MR) is 64.4 cm³/mol. The van der Waals surface area contributed by atoms with Crippen LogP contribution in [0.25, 0.3) is 0 Å². The SMILES string of the molecule is COC(CNC(=O)c1ccnc(C)c1)CC(=O)O. The number of hydrogen-bond donors (Lipinski definition) is 2. The molecule has 98 valence electrons. The molecule has 0 bridgehead atoms. The van der Waals surface area contributed by atoms with Crippen LogP contribution in [0.15, 0.2) is 18.3 Å². The number of aliphatic carboxylic acids is 1. The number of nitrogens with one attached hydrogen (secondary N) is 1. The van der Waals surface area contributed by atoms with Gasteiger partial charge < -0.3 is 15.2 Å². The van der Waals surface area contributed by atoms with Gasteiger partial charge in [0.1, 0.15) is 0 Å². The minimum atomic E-state index is -0.962. The summed E-state index contributed by atoms with van der Waals surface area (Å²) in [4.78, 5) is 26.3. The van der Waals surface area contributed by atoms with E-state index < -0.39 is 12.1 Å². The molecular weight excluding hydrogens is 236 g/mol. The second-order valence-electron chi connectivity index (χ2n) is 3.85. The van der Waals surface area contributed by atoms with Gasteiger partial charge in [-0.05, 0) is 19.1 Å². The highest BCUT2D eigenvalue weighted by molar-refractivity contribution is 5.94. The molecule has 1 atom stereocenters. The van der Waals surface area contributed by atoms with Crippen LogP contribution in [0, 0.1) is 6.92 Å².